The van der Waals surface area contributed by atoms with Crippen molar-refractivity contribution < 1.29 is 13.2 Å². The molecule has 5 rings (SSSR count). The minimum absolute atomic E-state index is 0.157. The number of rotatable bonds is 3. The zero-order valence-electron chi connectivity index (χ0n) is 17.1. The standard InChI is InChI=1S/C20H34N2O3S/c1-7-18-9-14-10-19(8-2,12-18)20(11-14,13-18)21-15-22-26(23,24)17(5,6)16(3,4)25-15/h14H,7-13H2,1-6H3,(H,21,22). The number of nitrogens with zero attached hydrogens (tertiary/aromatic N) is 1. The Hall–Kier alpha value is -0.780. The Morgan fingerprint density at radius 3 is 2.35 bits per heavy atom. The normalized spacial score (nSPS) is 48.4. The molecule has 4 saturated carbocycles. The molecule has 1 aliphatic heterocycles. The fourth-order valence-corrected chi connectivity index (χ4v) is 7.96. The maximum absolute atomic E-state index is 12.9. The fourth-order valence-electron chi connectivity index (χ4n) is 6.69. The quantitative estimate of drug-likeness (QED) is 0.802. The summed E-state index contributed by atoms with van der Waals surface area (Å²) in [5, 5.41) is 0. The van der Waals surface area contributed by atoms with Crippen molar-refractivity contribution in [2.45, 2.75) is 102 Å². The van der Waals surface area contributed by atoms with Gasteiger partial charge in [-0.2, -0.15) is 0 Å². The summed E-state index contributed by atoms with van der Waals surface area (Å²) in [6, 6.07) is 0.224. The van der Waals surface area contributed by atoms with Crippen LogP contribution in [0.4, 0.5) is 0 Å². The summed E-state index contributed by atoms with van der Waals surface area (Å²) in [5.41, 5.74) is -0.380. The molecule has 0 aromatic rings. The molecule has 1 N–H and O–H groups in total. The lowest BCUT2D eigenvalue weighted by Gasteiger charge is -2.46. The first-order valence-electron chi connectivity index (χ1n) is 10.2. The molecule has 26 heavy (non-hydrogen) atoms. The molecule has 4 atom stereocenters. The van der Waals surface area contributed by atoms with Gasteiger partial charge in [0.25, 0.3) is 6.02 Å². The van der Waals surface area contributed by atoms with E-state index in [1.54, 1.807) is 13.8 Å². The molecule has 6 heteroatoms. The van der Waals surface area contributed by atoms with Crippen LogP contribution in [0.25, 0.3) is 0 Å². The molecule has 1 heterocycles. The minimum Gasteiger partial charge on any atom is -0.457 e. The zero-order chi connectivity index (χ0) is 19.2. The smallest absolute Gasteiger partial charge is 0.299 e. The second-order valence-electron chi connectivity index (χ2n) is 10.5. The van der Waals surface area contributed by atoms with Gasteiger partial charge in [-0.05, 0) is 83.0 Å². The van der Waals surface area contributed by atoms with E-state index in [-0.39, 0.29) is 17.0 Å². The Kier molecular flexibility index (Phi) is 3.56. The van der Waals surface area contributed by atoms with E-state index < -0.39 is 20.4 Å². The van der Waals surface area contributed by atoms with Crippen LogP contribution in [0.15, 0.2) is 4.99 Å². The average Bonchev–Trinajstić information content (AvgIpc) is 2.83. The number of nitrogens with one attached hydrogen (secondary N) is 1. The number of sulfonamides is 1. The van der Waals surface area contributed by atoms with Crippen LogP contribution < -0.4 is 4.72 Å². The van der Waals surface area contributed by atoms with Gasteiger partial charge in [0, 0.05) is 0 Å². The SMILES string of the molecule is CCC12CC3CC(CC)(C1)C(N=C1NS(=O)(=O)C(C)(C)C(C)(C)O1)(C3)C2. The van der Waals surface area contributed by atoms with E-state index in [0.717, 1.165) is 25.2 Å². The fraction of sp³-hybridized carbons (Fsp3) is 0.950. The maximum atomic E-state index is 12.9. The van der Waals surface area contributed by atoms with Crippen LogP contribution in [-0.2, 0) is 14.8 Å². The Morgan fingerprint density at radius 1 is 1.08 bits per heavy atom. The zero-order valence-corrected chi connectivity index (χ0v) is 17.9. The minimum atomic E-state index is -3.55. The molecule has 4 unspecified atom stereocenters. The second kappa shape index (κ2) is 4.98. The van der Waals surface area contributed by atoms with Crippen molar-refractivity contribution in [2.24, 2.45) is 21.7 Å². The Bertz CT molecular complexity index is 772. The molecule has 0 aromatic carbocycles. The van der Waals surface area contributed by atoms with Crippen molar-refractivity contribution in [1.29, 1.82) is 0 Å². The third-order valence-corrected chi connectivity index (χ3v) is 11.1. The summed E-state index contributed by atoms with van der Waals surface area (Å²) in [4.78, 5) is 5.11. The van der Waals surface area contributed by atoms with Crippen LogP contribution in [-0.4, -0.2) is 30.3 Å². The maximum Gasteiger partial charge on any atom is 0.299 e. The first-order valence-corrected chi connectivity index (χ1v) is 11.7. The number of ether oxygens (including phenoxy) is 1. The molecule has 5 nitrogen and oxygen atoms in total. The van der Waals surface area contributed by atoms with Crippen LogP contribution >= 0.6 is 0 Å². The first kappa shape index (κ1) is 18.6. The second-order valence-corrected chi connectivity index (χ2v) is 12.7. The van der Waals surface area contributed by atoms with Crippen molar-refractivity contribution in [2.75, 3.05) is 0 Å². The monoisotopic (exact) mass is 382 g/mol. The molecule has 4 aliphatic carbocycles. The van der Waals surface area contributed by atoms with Gasteiger partial charge in [-0.3, -0.25) is 0 Å². The number of hydrogen-bond acceptors (Lipinski definition) is 4. The Balaban J connectivity index is 1.77. The van der Waals surface area contributed by atoms with Gasteiger partial charge in [0.05, 0.1) is 5.54 Å². The molecule has 5 aliphatic rings. The van der Waals surface area contributed by atoms with Crippen LogP contribution in [0, 0.1) is 16.7 Å². The van der Waals surface area contributed by atoms with E-state index in [0.29, 0.717) is 5.41 Å². The third kappa shape index (κ3) is 2.08. The third-order valence-electron chi connectivity index (χ3n) is 8.83. The highest BCUT2D eigenvalue weighted by molar-refractivity contribution is 7.91. The predicted octanol–water partition coefficient (Wildman–Crippen LogP) is 3.99. The van der Waals surface area contributed by atoms with Crippen molar-refractivity contribution in [3.63, 3.8) is 0 Å². The number of aliphatic imine (C=N–C) groups is 1. The van der Waals surface area contributed by atoms with Gasteiger partial charge in [-0.1, -0.05) is 20.3 Å². The lowest BCUT2D eigenvalue weighted by molar-refractivity contribution is 0.0437. The van der Waals surface area contributed by atoms with E-state index in [9.17, 15) is 8.42 Å². The van der Waals surface area contributed by atoms with Crippen LogP contribution in [0.3, 0.4) is 0 Å². The van der Waals surface area contributed by atoms with Gasteiger partial charge >= 0.3 is 0 Å². The molecule has 1 saturated heterocycles. The lowest BCUT2D eigenvalue weighted by atomic mass is 9.65. The molecule has 4 bridgehead atoms. The average molecular weight is 383 g/mol. The topological polar surface area (TPSA) is 67.8 Å². The van der Waals surface area contributed by atoms with E-state index in [4.69, 9.17) is 9.73 Å². The lowest BCUT2D eigenvalue weighted by Crippen LogP contribution is -2.64. The highest BCUT2D eigenvalue weighted by Crippen LogP contribution is 2.75. The Morgan fingerprint density at radius 2 is 1.77 bits per heavy atom. The number of amidine groups is 1. The molecule has 0 amide bonds. The summed E-state index contributed by atoms with van der Waals surface area (Å²) in [7, 11) is -3.55. The van der Waals surface area contributed by atoms with E-state index in [1.165, 1.54) is 25.7 Å². The molecular formula is C20H34N2O3S. The van der Waals surface area contributed by atoms with Gasteiger partial charge in [0.2, 0.25) is 10.0 Å². The predicted molar refractivity (Wildman–Crippen MR) is 103 cm³/mol. The van der Waals surface area contributed by atoms with Gasteiger partial charge in [-0.25, -0.2) is 18.1 Å². The summed E-state index contributed by atoms with van der Waals surface area (Å²) in [5.74, 6) is 0.728. The molecule has 0 radical (unpaired) electrons. The van der Waals surface area contributed by atoms with Gasteiger partial charge in [-0.15, -0.1) is 0 Å². The summed E-state index contributed by atoms with van der Waals surface area (Å²) < 4.78 is 33.5. The molecule has 0 spiro atoms. The van der Waals surface area contributed by atoms with Crippen LogP contribution in [0.1, 0.15) is 86.5 Å². The Labute approximate surface area is 158 Å². The van der Waals surface area contributed by atoms with E-state index in [1.807, 2.05) is 13.8 Å². The van der Waals surface area contributed by atoms with E-state index >= 15 is 0 Å². The molecule has 0 aromatic heterocycles. The molecular weight excluding hydrogens is 348 g/mol. The van der Waals surface area contributed by atoms with Gasteiger partial charge < -0.3 is 4.74 Å². The van der Waals surface area contributed by atoms with Crippen LogP contribution in [0.5, 0.6) is 0 Å². The highest BCUT2D eigenvalue weighted by atomic mass is 32.2. The van der Waals surface area contributed by atoms with Crippen LogP contribution in [0.2, 0.25) is 0 Å². The summed E-state index contributed by atoms with van der Waals surface area (Å²) in [6.45, 7) is 11.7. The van der Waals surface area contributed by atoms with Crippen molar-refractivity contribution in [3.8, 4) is 0 Å². The van der Waals surface area contributed by atoms with Crippen molar-refractivity contribution >= 4 is 16.0 Å². The largest absolute Gasteiger partial charge is 0.457 e. The first-order chi connectivity index (χ1) is 11.9. The summed E-state index contributed by atoms with van der Waals surface area (Å²) in [6.07, 6.45) is 8.28. The van der Waals surface area contributed by atoms with Gasteiger partial charge in [0.1, 0.15) is 10.3 Å². The highest BCUT2D eigenvalue weighted by Gasteiger charge is 2.71. The summed E-state index contributed by atoms with van der Waals surface area (Å²) >= 11 is 0. The van der Waals surface area contributed by atoms with E-state index in [2.05, 4.69) is 18.6 Å². The molecule has 148 valence electrons. The van der Waals surface area contributed by atoms with Crippen molar-refractivity contribution in [3.05, 3.63) is 0 Å². The molecule has 5 fully saturated rings. The number of hydrogen-bond donors (Lipinski definition) is 1. The van der Waals surface area contributed by atoms with Crippen molar-refractivity contribution in [1.82, 2.24) is 4.72 Å². The van der Waals surface area contributed by atoms with Gasteiger partial charge in [0.15, 0.2) is 0 Å².